The second kappa shape index (κ2) is 9.11. The summed E-state index contributed by atoms with van der Waals surface area (Å²) in [4.78, 5) is 8.36. The van der Waals surface area contributed by atoms with Gasteiger partial charge in [0.25, 0.3) is 5.09 Å². The van der Waals surface area contributed by atoms with Gasteiger partial charge < -0.3 is 29.2 Å². The summed E-state index contributed by atoms with van der Waals surface area (Å²) in [6.45, 7) is 0. The molecule has 0 aromatic rings. The Bertz CT molecular complexity index is 33.8. The molecular formula is HILiNO3. The Morgan fingerprint density at radius 2 is 1.67 bits per heavy atom. The van der Waals surface area contributed by atoms with E-state index in [9.17, 15) is 0 Å². The maximum Gasteiger partial charge on any atom is 1.00 e. The van der Waals surface area contributed by atoms with Crippen LogP contribution in [0.4, 0.5) is 0 Å². The molecule has 0 aliphatic heterocycles. The first kappa shape index (κ1) is 16.0. The molecule has 0 aliphatic rings. The van der Waals surface area contributed by atoms with Gasteiger partial charge in [0.1, 0.15) is 0 Å². The van der Waals surface area contributed by atoms with Crippen LogP contribution in [-0.4, -0.2) is 10.3 Å². The van der Waals surface area contributed by atoms with E-state index in [-0.39, 0.29) is 42.8 Å². The van der Waals surface area contributed by atoms with Crippen LogP contribution in [0.3, 0.4) is 0 Å². The van der Waals surface area contributed by atoms with E-state index in [2.05, 4.69) is 0 Å². The molecule has 0 rings (SSSR count). The second-order valence-electron chi connectivity index (χ2n) is 0.238. The molecule has 0 saturated carbocycles. The largest absolute Gasteiger partial charge is 1.00 e. The molecule has 0 aliphatic carbocycles. The molecule has 32 valence electrons. The summed E-state index contributed by atoms with van der Waals surface area (Å²) in [6.07, 6.45) is 0. The van der Waals surface area contributed by atoms with Crippen molar-refractivity contribution >= 4 is 0 Å². The number of halogens is 1. The average molecular weight is 197 g/mol. The molecule has 0 heterocycles. The van der Waals surface area contributed by atoms with Crippen LogP contribution in [0.5, 0.6) is 0 Å². The molecule has 0 radical (unpaired) electrons. The van der Waals surface area contributed by atoms with Crippen LogP contribution < -0.4 is 42.8 Å². The molecule has 0 aromatic carbocycles. The van der Waals surface area contributed by atoms with Crippen molar-refractivity contribution in [3.05, 3.63) is 10.1 Å². The number of rotatable bonds is 0. The molecule has 1 N–H and O–H groups in total. The van der Waals surface area contributed by atoms with Gasteiger partial charge in [0.05, 0.1) is 0 Å². The summed E-state index contributed by atoms with van der Waals surface area (Å²) in [5.74, 6) is 0. The molecule has 0 spiro atoms. The van der Waals surface area contributed by atoms with Gasteiger partial charge in [-0.25, -0.2) is 0 Å². The fourth-order valence-corrected chi connectivity index (χ4v) is 0. The average Bonchev–Trinajstić information content (AvgIpc) is 0.811. The zero-order chi connectivity index (χ0) is 3.58. The van der Waals surface area contributed by atoms with Crippen molar-refractivity contribution < 1.29 is 53.1 Å². The Kier molecular flexibility index (Phi) is 24.3. The first-order valence-electron chi connectivity index (χ1n) is 0.565. The maximum atomic E-state index is 8.36. The first-order chi connectivity index (χ1) is 1.73. The van der Waals surface area contributed by atoms with Crippen molar-refractivity contribution in [3.63, 3.8) is 0 Å². The summed E-state index contributed by atoms with van der Waals surface area (Å²) < 4.78 is 0. The molecule has 0 fully saturated rings. The van der Waals surface area contributed by atoms with Crippen molar-refractivity contribution in [2.75, 3.05) is 0 Å². The second-order valence-corrected chi connectivity index (χ2v) is 0.238. The normalized spacial score (nSPS) is 4.00. The van der Waals surface area contributed by atoms with Gasteiger partial charge in [0.15, 0.2) is 0 Å². The summed E-state index contributed by atoms with van der Waals surface area (Å²) in [6, 6.07) is 0. The van der Waals surface area contributed by atoms with Crippen molar-refractivity contribution in [1.29, 1.82) is 0 Å². The Morgan fingerprint density at radius 3 is 1.67 bits per heavy atom. The first-order valence-corrected chi connectivity index (χ1v) is 0.565. The summed E-state index contributed by atoms with van der Waals surface area (Å²) >= 11 is 0. The van der Waals surface area contributed by atoms with Gasteiger partial charge in [0, 0.05) is 0 Å². The molecule has 4 nitrogen and oxygen atoms in total. The topological polar surface area (TPSA) is 63.4 Å². The van der Waals surface area contributed by atoms with Gasteiger partial charge in [-0.05, 0) is 0 Å². The summed E-state index contributed by atoms with van der Waals surface area (Å²) in [7, 11) is 0. The molecule has 0 amide bonds. The standard InChI is InChI=1S/HI.Li.HNO3/c;;2-1(3)4/h1H;;(H,2,3,4)/q;+1;/p-1. The van der Waals surface area contributed by atoms with E-state index < -0.39 is 5.09 Å². The fourth-order valence-electron chi connectivity index (χ4n) is 0. The summed E-state index contributed by atoms with van der Waals surface area (Å²) in [5.41, 5.74) is 0. The zero-order valence-electron chi connectivity index (χ0n) is 3.09. The van der Waals surface area contributed by atoms with Crippen LogP contribution in [0.1, 0.15) is 0 Å². The Labute approximate surface area is 63.2 Å². The van der Waals surface area contributed by atoms with Gasteiger partial charge >= 0.3 is 18.9 Å². The van der Waals surface area contributed by atoms with E-state index in [1.807, 2.05) is 0 Å². The monoisotopic (exact) mass is 197 g/mol. The Balaban J connectivity index is -0.0000000450. The Morgan fingerprint density at radius 1 is 1.67 bits per heavy atom. The van der Waals surface area contributed by atoms with Crippen molar-refractivity contribution in [2.24, 2.45) is 0 Å². The van der Waals surface area contributed by atoms with E-state index >= 15 is 0 Å². The minimum atomic E-state index is -1.50. The van der Waals surface area contributed by atoms with Gasteiger partial charge in [-0.15, -0.1) is 10.1 Å². The number of nitrogens with zero attached hydrogens (tertiary/aromatic N) is 1. The van der Waals surface area contributed by atoms with Crippen molar-refractivity contribution in [1.82, 2.24) is 0 Å². The fraction of sp³-hybridized carbons (Fsp3) is 0. The van der Waals surface area contributed by atoms with Crippen LogP contribution in [0, 0.1) is 10.1 Å². The number of hydrogen-bond donors (Lipinski definition) is 1. The minimum Gasteiger partial charge on any atom is -1.00 e. The van der Waals surface area contributed by atoms with Crippen LogP contribution in [0.25, 0.3) is 0 Å². The third-order valence-corrected chi connectivity index (χ3v) is 0. The van der Waals surface area contributed by atoms with Gasteiger partial charge in [-0.1, -0.05) is 0 Å². The molecule has 0 saturated heterocycles. The quantitative estimate of drug-likeness (QED) is 0.182. The third kappa shape index (κ3) is 203. The van der Waals surface area contributed by atoms with Gasteiger partial charge in [0.2, 0.25) is 0 Å². The molecule has 6 heteroatoms. The summed E-state index contributed by atoms with van der Waals surface area (Å²) in [5, 5.41) is 13.6. The molecule has 0 atom stereocenters. The van der Waals surface area contributed by atoms with E-state index in [0.29, 0.717) is 0 Å². The molecule has 0 aromatic heterocycles. The molecular weight excluding hydrogens is 196 g/mol. The molecule has 6 heavy (non-hydrogen) atoms. The third-order valence-electron chi connectivity index (χ3n) is 0. The van der Waals surface area contributed by atoms with Crippen LogP contribution in [-0.2, 0) is 0 Å². The van der Waals surface area contributed by atoms with E-state index in [1.165, 1.54) is 0 Å². The van der Waals surface area contributed by atoms with Gasteiger partial charge in [-0.3, -0.25) is 0 Å². The molecule has 0 unspecified atom stereocenters. The van der Waals surface area contributed by atoms with Crippen LogP contribution in [0.15, 0.2) is 0 Å². The van der Waals surface area contributed by atoms with E-state index in [0.717, 1.165) is 0 Å². The molecule has 0 bridgehead atoms. The van der Waals surface area contributed by atoms with E-state index in [4.69, 9.17) is 15.3 Å². The predicted octanol–water partition coefficient (Wildman–Crippen LogP) is -6.34. The SMILES string of the molecule is O=[N+]([O-])O.[I-].[Li+]. The van der Waals surface area contributed by atoms with Crippen molar-refractivity contribution in [3.8, 4) is 0 Å². The van der Waals surface area contributed by atoms with E-state index in [1.54, 1.807) is 0 Å². The Hall–Kier alpha value is 0.527. The van der Waals surface area contributed by atoms with Crippen molar-refractivity contribution in [2.45, 2.75) is 0 Å². The number of hydrogen-bond acceptors (Lipinski definition) is 2. The zero-order valence-corrected chi connectivity index (χ0v) is 5.25. The van der Waals surface area contributed by atoms with Crippen LogP contribution in [0.2, 0.25) is 0 Å². The predicted molar refractivity (Wildman–Crippen MR) is 8.78 cm³/mol. The van der Waals surface area contributed by atoms with Gasteiger partial charge in [-0.2, -0.15) is 0 Å². The van der Waals surface area contributed by atoms with Crippen LogP contribution >= 0.6 is 0 Å². The smallest absolute Gasteiger partial charge is 1.00 e. The maximum absolute atomic E-state index is 8.36. The minimum absolute atomic E-state index is 0.